The average molecular weight is 256 g/mol. The van der Waals surface area contributed by atoms with Crippen LogP contribution in [0.2, 0.25) is 0 Å². The molecule has 0 bridgehead atoms. The Morgan fingerprint density at radius 2 is 1.89 bits per heavy atom. The van der Waals surface area contributed by atoms with Crippen LogP contribution in [0, 0.1) is 0 Å². The molecule has 2 N–H and O–H groups in total. The third-order valence-corrected chi connectivity index (χ3v) is 4.23. The molecule has 108 valence electrons. The highest BCUT2D eigenvalue weighted by molar-refractivity contribution is 4.82. The van der Waals surface area contributed by atoms with Gasteiger partial charge in [-0.15, -0.1) is 0 Å². The third-order valence-electron chi connectivity index (χ3n) is 4.23. The highest BCUT2D eigenvalue weighted by Gasteiger charge is 2.23. The average Bonchev–Trinajstić information content (AvgIpc) is 2.37. The Hall–Kier alpha value is -0.120. The van der Waals surface area contributed by atoms with Crippen LogP contribution in [0.5, 0.6) is 0 Å². The number of aliphatic hydroxyl groups excluding tert-OH is 1. The predicted octanol–water partition coefficient (Wildman–Crippen LogP) is 2.39. The topological polar surface area (TPSA) is 35.5 Å². The Morgan fingerprint density at radius 1 is 1.22 bits per heavy atom. The van der Waals surface area contributed by atoms with Crippen molar-refractivity contribution >= 4 is 0 Å². The van der Waals surface area contributed by atoms with Gasteiger partial charge in [0.15, 0.2) is 0 Å². The molecule has 1 rings (SSSR count). The number of nitrogens with one attached hydrogen (secondary N) is 1. The van der Waals surface area contributed by atoms with Crippen molar-refractivity contribution in [3.63, 3.8) is 0 Å². The SMILES string of the molecule is CCN(CC)CCCC(C)N[C@@H]1CCCC[C@H]1O. The molecule has 18 heavy (non-hydrogen) atoms. The zero-order chi connectivity index (χ0) is 13.4. The molecule has 0 aromatic heterocycles. The molecular weight excluding hydrogens is 224 g/mol. The highest BCUT2D eigenvalue weighted by atomic mass is 16.3. The van der Waals surface area contributed by atoms with Crippen molar-refractivity contribution < 1.29 is 5.11 Å². The quantitative estimate of drug-likeness (QED) is 0.700. The van der Waals surface area contributed by atoms with E-state index >= 15 is 0 Å². The van der Waals surface area contributed by atoms with E-state index in [-0.39, 0.29) is 6.10 Å². The van der Waals surface area contributed by atoms with Gasteiger partial charge in [-0.3, -0.25) is 0 Å². The monoisotopic (exact) mass is 256 g/mol. The largest absolute Gasteiger partial charge is 0.392 e. The maximum Gasteiger partial charge on any atom is 0.0693 e. The Balaban J connectivity index is 2.14. The van der Waals surface area contributed by atoms with Crippen molar-refractivity contribution in [3.8, 4) is 0 Å². The Kier molecular flexibility index (Phi) is 7.87. The second-order valence-electron chi connectivity index (χ2n) is 5.70. The van der Waals surface area contributed by atoms with Gasteiger partial charge in [-0.2, -0.15) is 0 Å². The van der Waals surface area contributed by atoms with E-state index in [0.717, 1.165) is 25.9 Å². The molecule has 0 heterocycles. The molecule has 1 aliphatic rings. The zero-order valence-corrected chi connectivity index (χ0v) is 12.5. The fourth-order valence-electron chi connectivity index (χ4n) is 2.92. The lowest BCUT2D eigenvalue weighted by molar-refractivity contribution is 0.0850. The standard InChI is InChI=1S/C15H32N2O/c1-4-17(5-2)12-8-9-13(3)16-14-10-6-7-11-15(14)18/h13-16,18H,4-12H2,1-3H3/t13?,14-,15-/m1/s1. The lowest BCUT2D eigenvalue weighted by atomic mass is 9.92. The van der Waals surface area contributed by atoms with E-state index in [0.29, 0.717) is 12.1 Å². The normalized spacial score (nSPS) is 26.5. The Morgan fingerprint density at radius 3 is 2.50 bits per heavy atom. The summed E-state index contributed by atoms with van der Waals surface area (Å²) in [5.74, 6) is 0. The molecule has 1 fully saturated rings. The van der Waals surface area contributed by atoms with Crippen molar-refractivity contribution in [2.75, 3.05) is 19.6 Å². The summed E-state index contributed by atoms with van der Waals surface area (Å²) in [6.07, 6.45) is 6.91. The van der Waals surface area contributed by atoms with Crippen LogP contribution < -0.4 is 5.32 Å². The Labute approximate surface area is 113 Å². The van der Waals surface area contributed by atoms with Gasteiger partial charge in [-0.25, -0.2) is 0 Å². The van der Waals surface area contributed by atoms with Crippen molar-refractivity contribution in [1.82, 2.24) is 10.2 Å². The minimum atomic E-state index is -0.121. The first-order valence-corrected chi connectivity index (χ1v) is 7.83. The highest BCUT2D eigenvalue weighted by Crippen LogP contribution is 2.19. The molecule has 3 atom stereocenters. The molecular formula is C15H32N2O. The smallest absolute Gasteiger partial charge is 0.0693 e. The van der Waals surface area contributed by atoms with Gasteiger partial charge in [0.25, 0.3) is 0 Å². The first-order chi connectivity index (χ1) is 8.67. The molecule has 3 heteroatoms. The maximum absolute atomic E-state index is 9.94. The number of aliphatic hydroxyl groups is 1. The minimum absolute atomic E-state index is 0.121. The van der Waals surface area contributed by atoms with Crippen molar-refractivity contribution in [2.24, 2.45) is 0 Å². The zero-order valence-electron chi connectivity index (χ0n) is 12.5. The van der Waals surface area contributed by atoms with Gasteiger partial charge in [0.2, 0.25) is 0 Å². The minimum Gasteiger partial charge on any atom is -0.392 e. The molecule has 0 radical (unpaired) electrons. The summed E-state index contributed by atoms with van der Waals surface area (Å²) in [5.41, 5.74) is 0. The number of nitrogens with zero attached hydrogens (tertiary/aromatic N) is 1. The summed E-state index contributed by atoms with van der Waals surface area (Å²) in [4.78, 5) is 2.47. The number of hydrogen-bond donors (Lipinski definition) is 2. The molecule has 0 spiro atoms. The van der Waals surface area contributed by atoms with Crippen molar-refractivity contribution in [2.45, 2.75) is 77.5 Å². The first-order valence-electron chi connectivity index (χ1n) is 7.83. The van der Waals surface area contributed by atoms with Crippen LogP contribution in [-0.4, -0.2) is 47.8 Å². The molecule has 1 aliphatic carbocycles. The van der Waals surface area contributed by atoms with Gasteiger partial charge in [0.1, 0.15) is 0 Å². The summed E-state index contributed by atoms with van der Waals surface area (Å²) >= 11 is 0. The molecule has 0 saturated heterocycles. The Bertz CT molecular complexity index is 207. The molecule has 0 amide bonds. The molecule has 0 aromatic rings. The van der Waals surface area contributed by atoms with E-state index in [1.54, 1.807) is 0 Å². The summed E-state index contributed by atoms with van der Waals surface area (Å²) in [7, 11) is 0. The fraction of sp³-hybridized carbons (Fsp3) is 1.00. The first kappa shape index (κ1) is 15.9. The van der Waals surface area contributed by atoms with E-state index in [1.807, 2.05) is 0 Å². The number of hydrogen-bond acceptors (Lipinski definition) is 3. The molecule has 1 saturated carbocycles. The van der Waals surface area contributed by atoms with E-state index < -0.39 is 0 Å². The summed E-state index contributed by atoms with van der Waals surface area (Å²) in [6.45, 7) is 10.2. The molecule has 1 unspecified atom stereocenters. The molecule has 0 aliphatic heterocycles. The van der Waals surface area contributed by atoms with Crippen LogP contribution in [0.1, 0.15) is 59.3 Å². The summed E-state index contributed by atoms with van der Waals surface area (Å²) < 4.78 is 0. The van der Waals surface area contributed by atoms with Gasteiger partial charge in [-0.1, -0.05) is 26.7 Å². The van der Waals surface area contributed by atoms with Crippen LogP contribution in [0.25, 0.3) is 0 Å². The van der Waals surface area contributed by atoms with Crippen LogP contribution in [0.4, 0.5) is 0 Å². The second kappa shape index (κ2) is 8.89. The van der Waals surface area contributed by atoms with Crippen molar-refractivity contribution in [1.29, 1.82) is 0 Å². The van der Waals surface area contributed by atoms with Crippen molar-refractivity contribution in [3.05, 3.63) is 0 Å². The van der Waals surface area contributed by atoms with E-state index in [4.69, 9.17) is 0 Å². The molecule has 0 aromatic carbocycles. The molecule has 3 nitrogen and oxygen atoms in total. The van der Waals surface area contributed by atoms with Gasteiger partial charge >= 0.3 is 0 Å². The van der Waals surface area contributed by atoms with Crippen LogP contribution in [0.15, 0.2) is 0 Å². The van der Waals surface area contributed by atoms with E-state index in [2.05, 4.69) is 31.0 Å². The van der Waals surface area contributed by atoms with Gasteiger partial charge in [0, 0.05) is 12.1 Å². The van der Waals surface area contributed by atoms with E-state index in [9.17, 15) is 5.11 Å². The summed E-state index contributed by atoms with van der Waals surface area (Å²) in [6, 6.07) is 0.862. The van der Waals surface area contributed by atoms with E-state index in [1.165, 1.54) is 32.2 Å². The fourth-order valence-corrected chi connectivity index (χ4v) is 2.92. The second-order valence-corrected chi connectivity index (χ2v) is 5.70. The predicted molar refractivity (Wildman–Crippen MR) is 77.9 cm³/mol. The van der Waals surface area contributed by atoms with Gasteiger partial charge in [0.05, 0.1) is 6.10 Å². The third kappa shape index (κ3) is 5.68. The lowest BCUT2D eigenvalue weighted by Crippen LogP contribution is -2.46. The van der Waals surface area contributed by atoms with Crippen LogP contribution in [0.3, 0.4) is 0 Å². The maximum atomic E-state index is 9.94. The van der Waals surface area contributed by atoms with Gasteiger partial charge < -0.3 is 15.3 Å². The van der Waals surface area contributed by atoms with Crippen LogP contribution in [-0.2, 0) is 0 Å². The van der Waals surface area contributed by atoms with Crippen LogP contribution >= 0.6 is 0 Å². The van der Waals surface area contributed by atoms with Gasteiger partial charge in [-0.05, 0) is 52.2 Å². The lowest BCUT2D eigenvalue weighted by Gasteiger charge is -2.31. The number of rotatable bonds is 8. The summed E-state index contributed by atoms with van der Waals surface area (Å²) in [5, 5.41) is 13.5.